The van der Waals surface area contributed by atoms with E-state index in [1.165, 1.54) is 18.2 Å². The van der Waals surface area contributed by atoms with Gasteiger partial charge in [0, 0.05) is 18.2 Å². The zero-order valence-corrected chi connectivity index (χ0v) is 13.9. The number of anilines is 1. The molecule has 1 N–H and O–H groups in total. The van der Waals surface area contributed by atoms with Crippen molar-refractivity contribution in [2.24, 2.45) is 0 Å². The molecule has 2 aromatic heterocycles. The number of rotatable bonds is 4. The Morgan fingerprint density at radius 2 is 1.81 bits per heavy atom. The molecule has 0 spiro atoms. The van der Waals surface area contributed by atoms with Gasteiger partial charge in [0.25, 0.3) is 5.91 Å². The molecule has 2 aromatic carbocycles. The number of fused-ring (bicyclic) bond motifs is 1. The summed E-state index contributed by atoms with van der Waals surface area (Å²) < 4.78 is 15.3. The van der Waals surface area contributed by atoms with E-state index < -0.39 is 5.82 Å². The molecule has 0 aliphatic rings. The van der Waals surface area contributed by atoms with Gasteiger partial charge in [-0.05, 0) is 35.9 Å². The molecule has 0 atom stereocenters. The summed E-state index contributed by atoms with van der Waals surface area (Å²) in [5.74, 6) is -0.219. The Morgan fingerprint density at radius 3 is 2.62 bits per heavy atom. The van der Waals surface area contributed by atoms with Crippen LogP contribution in [0.4, 0.5) is 10.2 Å². The summed E-state index contributed by atoms with van der Waals surface area (Å²) >= 11 is 0. The number of hydrogen-bond donors (Lipinski definition) is 1. The fourth-order valence-electron chi connectivity index (χ4n) is 2.90. The Labute approximate surface area is 149 Å². The fraction of sp³-hybridized carbons (Fsp3) is 0.0476. The highest BCUT2D eigenvalue weighted by Gasteiger charge is 2.16. The molecule has 4 nitrogen and oxygen atoms in total. The number of benzene rings is 2. The van der Waals surface area contributed by atoms with Crippen LogP contribution in [-0.2, 0) is 6.42 Å². The number of carbonyl (C=O) groups excluding carboxylic acids is 1. The lowest BCUT2D eigenvalue weighted by molar-refractivity contribution is 0.102. The van der Waals surface area contributed by atoms with Crippen LogP contribution in [0.15, 0.2) is 79.0 Å². The summed E-state index contributed by atoms with van der Waals surface area (Å²) in [6, 6.07) is 21.2. The van der Waals surface area contributed by atoms with Gasteiger partial charge in [0.1, 0.15) is 17.3 Å². The Hall–Kier alpha value is -3.47. The van der Waals surface area contributed by atoms with E-state index in [9.17, 15) is 9.18 Å². The van der Waals surface area contributed by atoms with Crippen LogP contribution >= 0.6 is 0 Å². The normalized spacial score (nSPS) is 10.8. The molecule has 0 aliphatic heterocycles. The quantitative estimate of drug-likeness (QED) is 0.599. The van der Waals surface area contributed by atoms with Crippen LogP contribution in [0.25, 0.3) is 5.65 Å². The van der Waals surface area contributed by atoms with Gasteiger partial charge in [0.15, 0.2) is 0 Å². The third-order valence-corrected chi connectivity index (χ3v) is 4.14. The van der Waals surface area contributed by atoms with Crippen molar-refractivity contribution < 1.29 is 9.18 Å². The number of nitrogens with zero attached hydrogens (tertiary/aromatic N) is 2. The van der Waals surface area contributed by atoms with Crippen LogP contribution in [0.5, 0.6) is 0 Å². The van der Waals surface area contributed by atoms with E-state index in [0.29, 0.717) is 12.2 Å². The minimum atomic E-state index is -0.444. The summed E-state index contributed by atoms with van der Waals surface area (Å²) in [5.41, 5.74) is 2.86. The maximum absolute atomic E-state index is 13.4. The van der Waals surface area contributed by atoms with Gasteiger partial charge in [0.2, 0.25) is 0 Å². The van der Waals surface area contributed by atoms with E-state index in [1.807, 2.05) is 59.1 Å². The van der Waals surface area contributed by atoms with Crippen molar-refractivity contribution in [3.05, 3.63) is 102 Å². The summed E-state index contributed by atoms with van der Waals surface area (Å²) in [4.78, 5) is 17.2. The number of halogens is 1. The number of pyridine rings is 1. The summed E-state index contributed by atoms with van der Waals surface area (Å²) in [7, 11) is 0. The molecule has 0 aliphatic carbocycles. The number of imidazole rings is 1. The molecular formula is C21H16FN3O. The lowest BCUT2D eigenvalue weighted by Gasteiger charge is -2.08. The van der Waals surface area contributed by atoms with E-state index in [4.69, 9.17) is 0 Å². The second kappa shape index (κ2) is 6.80. The van der Waals surface area contributed by atoms with Gasteiger partial charge in [-0.3, -0.25) is 9.20 Å². The molecule has 5 heteroatoms. The number of nitrogens with one attached hydrogen (secondary N) is 1. The third kappa shape index (κ3) is 3.19. The van der Waals surface area contributed by atoms with Crippen LogP contribution in [0.1, 0.15) is 21.6 Å². The van der Waals surface area contributed by atoms with Gasteiger partial charge in [0.05, 0.1) is 5.69 Å². The van der Waals surface area contributed by atoms with Gasteiger partial charge in [-0.1, -0.05) is 42.5 Å². The number of amides is 1. The monoisotopic (exact) mass is 345 g/mol. The molecule has 4 aromatic rings. The first kappa shape index (κ1) is 16.0. The van der Waals surface area contributed by atoms with Crippen molar-refractivity contribution in [2.45, 2.75) is 6.42 Å². The minimum absolute atomic E-state index is 0.265. The first-order chi connectivity index (χ1) is 12.7. The largest absolute Gasteiger partial charge is 0.306 e. The van der Waals surface area contributed by atoms with Crippen molar-refractivity contribution in [1.29, 1.82) is 0 Å². The zero-order chi connectivity index (χ0) is 17.9. The lowest BCUT2D eigenvalue weighted by atomic mass is 10.1. The molecule has 0 radical (unpaired) electrons. The number of hydrogen-bond acceptors (Lipinski definition) is 2. The second-order valence-corrected chi connectivity index (χ2v) is 5.96. The molecule has 128 valence electrons. The molecule has 0 unspecified atom stereocenters. The molecule has 1 amide bonds. The Bertz CT molecular complexity index is 1070. The predicted octanol–water partition coefficient (Wildman–Crippen LogP) is 4.32. The molecule has 0 bridgehead atoms. The van der Waals surface area contributed by atoms with Crippen molar-refractivity contribution in [2.75, 3.05) is 5.32 Å². The summed E-state index contributed by atoms with van der Waals surface area (Å²) in [6.07, 6.45) is 2.43. The van der Waals surface area contributed by atoms with Gasteiger partial charge in [-0.25, -0.2) is 9.37 Å². The molecule has 0 fully saturated rings. The Balaban J connectivity index is 1.73. The summed E-state index contributed by atoms with van der Waals surface area (Å²) in [6.45, 7) is 0. The molecule has 2 heterocycles. The Kier molecular flexibility index (Phi) is 4.19. The predicted molar refractivity (Wildman–Crippen MR) is 98.8 cm³/mol. The van der Waals surface area contributed by atoms with Crippen LogP contribution in [0, 0.1) is 5.82 Å². The second-order valence-electron chi connectivity index (χ2n) is 5.96. The highest BCUT2D eigenvalue weighted by molar-refractivity contribution is 6.04. The molecule has 0 saturated carbocycles. The smallest absolute Gasteiger partial charge is 0.256 e. The maximum atomic E-state index is 13.4. The van der Waals surface area contributed by atoms with Gasteiger partial charge in [-0.15, -0.1) is 0 Å². The van der Waals surface area contributed by atoms with Gasteiger partial charge < -0.3 is 5.32 Å². The van der Waals surface area contributed by atoms with E-state index in [-0.39, 0.29) is 11.5 Å². The highest BCUT2D eigenvalue weighted by Crippen LogP contribution is 2.22. The number of carbonyl (C=O) groups is 1. The SMILES string of the molecule is O=C(Nc1c(Cc2ccccc2)nc2ccccn12)c1cccc(F)c1. The summed E-state index contributed by atoms with van der Waals surface area (Å²) in [5, 5.41) is 2.89. The average Bonchev–Trinajstić information content (AvgIpc) is 3.00. The van der Waals surface area contributed by atoms with Crippen LogP contribution in [-0.4, -0.2) is 15.3 Å². The van der Waals surface area contributed by atoms with Crippen molar-refractivity contribution in [1.82, 2.24) is 9.38 Å². The van der Waals surface area contributed by atoms with Gasteiger partial charge >= 0.3 is 0 Å². The first-order valence-corrected chi connectivity index (χ1v) is 8.27. The van der Waals surface area contributed by atoms with Crippen molar-refractivity contribution >= 4 is 17.4 Å². The highest BCUT2D eigenvalue weighted by atomic mass is 19.1. The van der Waals surface area contributed by atoms with E-state index in [0.717, 1.165) is 16.9 Å². The number of aromatic nitrogens is 2. The van der Waals surface area contributed by atoms with Crippen LogP contribution in [0.3, 0.4) is 0 Å². The zero-order valence-electron chi connectivity index (χ0n) is 13.9. The minimum Gasteiger partial charge on any atom is -0.306 e. The van der Waals surface area contributed by atoms with Crippen molar-refractivity contribution in [3.8, 4) is 0 Å². The van der Waals surface area contributed by atoms with E-state index in [2.05, 4.69) is 10.3 Å². The maximum Gasteiger partial charge on any atom is 0.256 e. The fourth-order valence-corrected chi connectivity index (χ4v) is 2.90. The first-order valence-electron chi connectivity index (χ1n) is 8.27. The van der Waals surface area contributed by atoms with Crippen molar-refractivity contribution in [3.63, 3.8) is 0 Å². The van der Waals surface area contributed by atoms with Crippen LogP contribution in [0.2, 0.25) is 0 Å². The standard InChI is InChI=1S/C21H16FN3O/c22-17-10-6-9-16(14-17)21(26)24-20-18(13-15-7-2-1-3-8-15)23-19-11-4-5-12-25(19)20/h1-12,14H,13H2,(H,24,26). The third-order valence-electron chi connectivity index (χ3n) is 4.14. The average molecular weight is 345 g/mol. The topological polar surface area (TPSA) is 46.4 Å². The van der Waals surface area contributed by atoms with E-state index in [1.54, 1.807) is 6.07 Å². The molecule has 26 heavy (non-hydrogen) atoms. The lowest BCUT2D eigenvalue weighted by Crippen LogP contribution is -2.15. The molecule has 0 saturated heterocycles. The van der Waals surface area contributed by atoms with E-state index >= 15 is 0 Å². The molecule has 4 rings (SSSR count). The Morgan fingerprint density at radius 1 is 1.00 bits per heavy atom. The van der Waals surface area contributed by atoms with Crippen LogP contribution < -0.4 is 5.32 Å². The molecular weight excluding hydrogens is 329 g/mol. The van der Waals surface area contributed by atoms with Gasteiger partial charge in [-0.2, -0.15) is 0 Å².